The third-order valence-electron chi connectivity index (χ3n) is 4.43. The van der Waals surface area contributed by atoms with Gasteiger partial charge < -0.3 is 19.9 Å². The highest BCUT2D eigenvalue weighted by molar-refractivity contribution is 6.33. The fourth-order valence-corrected chi connectivity index (χ4v) is 3.40. The zero-order valence-electron chi connectivity index (χ0n) is 18.8. The number of phenolic OH excluding ortho intramolecular Hbond substituents is 1. The van der Waals surface area contributed by atoms with Crippen molar-refractivity contribution in [1.82, 2.24) is 5.32 Å². The molecule has 1 atom stereocenters. The molecule has 0 radical (unpaired) electrons. The summed E-state index contributed by atoms with van der Waals surface area (Å²) < 4.78 is 66.3. The Morgan fingerprint density at radius 2 is 1.82 bits per heavy atom. The Morgan fingerprint density at radius 3 is 2.35 bits per heavy atom. The first-order chi connectivity index (χ1) is 15.6. The maximum atomic E-state index is 15.2. The molecule has 0 spiro atoms. The molecule has 0 saturated heterocycles. The van der Waals surface area contributed by atoms with E-state index in [1.165, 1.54) is 25.1 Å². The van der Waals surface area contributed by atoms with E-state index in [1.807, 2.05) is 0 Å². The van der Waals surface area contributed by atoms with E-state index in [4.69, 9.17) is 21.1 Å². The predicted octanol–water partition coefficient (Wildman–Crippen LogP) is 6.39. The summed E-state index contributed by atoms with van der Waals surface area (Å²) in [6.07, 6.45) is -6.90. The summed E-state index contributed by atoms with van der Waals surface area (Å²) in [5, 5.41) is 12.4. The van der Waals surface area contributed by atoms with E-state index in [1.54, 1.807) is 20.8 Å². The number of aromatic hydroxyl groups is 1. The number of carbonyl (C=O) groups excluding carboxylic acids is 2. The molecule has 2 rings (SSSR count). The van der Waals surface area contributed by atoms with Gasteiger partial charge in [-0.25, -0.2) is 9.18 Å². The van der Waals surface area contributed by atoms with Crippen LogP contribution in [0.1, 0.15) is 51.3 Å². The van der Waals surface area contributed by atoms with Crippen molar-refractivity contribution < 1.29 is 41.7 Å². The molecule has 0 aliphatic rings. The number of phenols is 1. The summed E-state index contributed by atoms with van der Waals surface area (Å²) in [6, 6.07) is 3.80. The standard InChI is InChI=1S/C23H24ClF4NO5/c1-5-33-18(31)11-16(29-21(32)34-22(2,3)4)13-9-12(10-14(20(13)25)23(26,27)28)19-15(24)7-6-8-17(19)30/h6-10,16,30H,5,11H2,1-4H3,(H,29,32)/t16-/m0/s1. The van der Waals surface area contributed by atoms with Crippen LogP contribution in [-0.2, 0) is 20.4 Å². The van der Waals surface area contributed by atoms with Crippen LogP contribution in [0, 0.1) is 5.82 Å². The van der Waals surface area contributed by atoms with Crippen molar-refractivity contribution in [3.63, 3.8) is 0 Å². The van der Waals surface area contributed by atoms with Gasteiger partial charge in [0.1, 0.15) is 17.2 Å². The summed E-state index contributed by atoms with van der Waals surface area (Å²) in [7, 11) is 0. The lowest BCUT2D eigenvalue weighted by molar-refractivity contribution is -0.143. The maximum absolute atomic E-state index is 15.2. The Morgan fingerprint density at radius 1 is 1.18 bits per heavy atom. The number of rotatable bonds is 6. The van der Waals surface area contributed by atoms with Gasteiger partial charge in [0, 0.05) is 11.1 Å². The molecular weight excluding hydrogens is 482 g/mol. The molecule has 0 aliphatic carbocycles. The fourth-order valence-electron chi connectivity index (χ4n) is 3.12. The average Bonchev–Trinajstić information content (AvgIpc) is 2.66. The molecule has 11 heteroatoms. The highest BCUT2D eigenvalue weighted by atomic mass is 35.5. The second-order valence-corrected chi connectivity index (χ2v) is 8.67. The Balaban J connectivity index is 2.72. The normalized spacial score (nSPS) is 12.7. The molecule has 0 heterocycles. The zero-order chi connectivity index (χ0) is 25.8. The van der Waals surface area contributed by atoms with Gasteiger partial charge in [0.2, 0.25) is 0 Å². The maximum Gasteiger partial charge on any atom is 0.419 e. The lowest BCUT2D eigenvalue weighted by atomic mass is 9.93. The van der Waals surface area contributed by atoms with Crippen molar-refractivity contribution in [1.29, 1.82) is 0 Å². The average molecular weight is 506 g/mol. The fraction of sp³-hybridized carbons (Fsp3) is 0.391. The summed E-state index contributed by atoms with van der Waals surface area (Å²) in [6.45, 7) is 6.13. The van der Waals surface area contributed by atoms with Crippen LogP contribution in [-0.4, -0.2) is 29.4 Å². The van der Waals surface area contributed by atoms with Crippen molar-refractivity contribution >= 4 is 23.7 Å². The molecule has 1 amide bonds. The van der Waals surface area contributed by atoms with Crippen molar-refractivity contribution in [2.24, 2.45) is 0 Å². The van der Waals surface area contributed by atoms with Crippen molar-refractivity contribution in [3.05, 3.63) is 52.3 Å². The van der Waals surface area contributed by atoms with Crippen LogP contribution in [0.4, 0.5) is 22.4 Å². The number of esters is 1. The van der Waals surface area contributed by atoms with Gasteiger partial charge in [0.05, 0.1) is 29.7 Å². The molecule has 0 bridgehead atoms. The lowest BCUT2D eigenvalue weighted by Crippen LogP contribution is -2.36. The SMILES string of the molecule is CCOC(=O)C[C@H](NC(=O)OC(C)(C)C)c1cc(-c2c(O)cccc2Cl)cc(C(F)(F)F)c1F. The topological polar surface area (TPSA) is 84.9 Å². The molecule has 34 heavy (non-hydrogen) atoms. The van der Waals surface area contributed by atoms with Crippen molar-refractivity contribution in [3.8, 4) is 16.9 Å². The van der Waals surface area contributed by atoms with Gasteiger partial charge in [-0.2, -0.15) is 13.2 Å². The van der Waals surface area contributed by atoms with Crippen LogP contribution in [0.25, 0.3) is 11.1 Å². The highest BCUT2D eigenvalue weighted by Gasteiger charge is 2.38. The van der Waals surface area contributed by atoms with E-state index in [0.29, 0.717) is 6.07 Å². The second-order valence-electron chi connectivity index (χ2n) is 8.27. The van der Waals surface area contributed by atoms with Crippen LogP contribution in [0.5, 0.6) is 5.75 Å². The number of alkyl carbamates (subject to hydrolysis) is 1. The largest absolute Gasteiger partial charge is 0.507 e. The summed E-state index contributed by atoms with van der Waals surface area (Å²) >= 11 is 6.09. The van der Waals surface area contributed by atoms with Gasteiger partial charge in [-0.3, -0.25) is 4.79 Å². The molecule has 2 aromatic carbocycles. The number of hydrogen-bond donors (Lipinski definition) is 2. The zero-order valence-corrected chi connectivity index (χ0v) is 19.6. The first-order valence-corrected chi connectivity index (χ1v) is 10.6. The summed E-state index contributed by atoms with van der Waals surface area (Å²) in [5.41, 5.74) is -3.75. The van der Waals surface area contributed by atoms with Gasteiger partial charge >= 0.3 is 18.2 Å². The van der Waals surface area contributed by atoms with Gasteiger partial charge in [-0.1, -0.05) is 17.7 Å². The Hall–Kier alpha value is -3.01. The number of benzene rings is 2. The monoisotopic (exact) mass is 505 g/mol. The van der Waals surface area contributed by atoms with Gasteiger partial charge in [-0.15, -0.1) is 0 Å². The minimum absolute atomic E-state index is 0.0399. The highest BCUT2D eigenvalue weighted by Crippen LogP contribution is 2.42. The number of carbonyl (C=O) groups is 2. The molecule has 0 aliphatic heterocycles. The first-order valence-electron chi connectivity index (χ1n) is 10.2. The minimum atomic E-state index is -5.13. The van der Waals surface area contributed by atoms with E-state index in [0.717, 1.165) is 6.07 Å². The number of hydrogen-bond acceptors (Lipinski definition) is 5. The quantitative estimate of drug-likeness (QED) is 0.351. The van der Waals surface area contributed by atoms with E-state index in [-0.39, 0.29) is 22.8 Å². The molecule has 0 aromatic heterocycles. The van der Waals surface area contributed by atoms with Gasteiger partial charge in [0.15, 0.2) is 0 Å². The van der Waals surface area contributed by atoms with Crippen molar-refractivity contribution in [2.75, 3.05) is 6.61 Å². The lowest BCUT2D eigenvalue weighted by Gasteiger charge is -2.25. The van der Waals surface area contributed by atoms with E-state index in [9.17, 15) is 27.9 Å². The number of ether oxygens (including phenoxy) is 2. The minimum Gasteiger partial charge on any atom is -0.507 e. The Kier molecular flexibility index (Phi) is 8.41. The smallest absolute Gasteiger partial charge is 0.419 e. The van der Waals surface area contributed by atoms with E-state index >= 15 is 4.39 Å². The Bertz CT molecular complexity index is 1050. The van der Waals surface area contributed by atoms with Crippen LogP contribution in [0.15, 0.2) is 30.3 Å². The van der Waals surface area contributed by atoms with Crippen molar-refractivity contribution in [2.45, 2.75) is 51.9 Å². The Labute approximate surface area is 198 Å². The van der Waals surface area contributed by atoms with E-state index in [2.05, 4.69) is 5.32 Å². The van der Waals surface area contributed by atoms with Crippen LogP contribution < -0.4 is 5.32 Å². The predicted molar refractivity (Wildman–Crippen MR) is 117 cm³/mol. The van der Waals surface area contributed by atoms with E-state index < -0.39 is 59.0 Å². The molecule has 0 saturated carbocycles. The molecule has 6 nitrogen and oxygen atoms in total. The molecule has 0 fully saturated rings. The van der Waals surface area contributed by atoms with Gasteiger partial charge in [-0.05, 0) is 57.5 Å². The molecule has 2 aromatic rings. The first kappa shape index (κ1) is 27.2. The molecule has 0 unspecified atom stereocenters. The number of amides is 1. The molecule has 2 N–H and O–H groups in total. The van der Waals surface area contributed by atoms with Crippen LogP contribution in [0.3, 0.4) is 0 Å². The number of alkyl halides is 3. The molecular formula is C23H24ClF4NO5. The van der Waals surface area contributed by atoms with Crippen LogP contribution >= 0.6 is 11.6 Å². The third kappa shape index (κ3) is 6.99. The van der Waals surface area contributed by atoms with Gasteiger partial charge in [0.25, 0.3) is 0 Å². The summed E-state index contributed by atoms with van der Waals surface area (Å²) in [4.78, 5) is 24.5. The molecule has 186 valence electrons. The number of nitrogens with one attached hydrogen (secondary N) is 1. The number of halogens is 5. The van der Waals surface area contributed by atoms with Crippen LogP contribution in [0.2, 0.25) is 5.02 Å². The second kappa shape index (κ2) is 10.5. The summed E-state index contributed by atoms with van der Waals surface area (Å²) in [5.74, 6) is -3.03. The third-order valence-corrected chi connectivity index (χ3v) is 4.74.